The first-order valence-corrected chi connectivity index (χ1v) is 12.1. The first-order chi connectivity index (χ1) is 12.5. The number of benzene rings is 1. The Hall–Kier alpha value is -1.83. The van der Waals surface area contributed by atoms with E-state index in [-0.39, 0.29) is 28.3 Å². The van der Waals surface area contributed by atoms with Gasteiger partial charge in [-0.25, -0.2) is 4.39 Å². The number of nitrogens with one attached hydrogen (secondary N) is 1. The van der Waals surface area contributed by atoms with Crippen LogP contribution in [-0.4, -0.2) is 43.7 Å². The van der Waals surface area contributed by atoms with E-state index in [0.29, 0.717) is 36.3 Å². The molecular weight excluding hydrogens is 363 g/mol. The van der Waals surface area contributed by atoms with Crippen molar-refractivity contribution in [2.45, 2.75) is 45.4 Å². The van der Waals surface area contributed by atoms with E-state index in [1.807, 2.05) is 4.90 Å². The van der Waals surface area contributed by atoms with Crippen LogP contribution in [0.1, 0.15) is 36.8 Å². The number of halogens is 1. The Balaban J connectivity index is 1.79. The smallest absolute Gasteiger partial charge is 0.256 e. The number of Topliss-reactive ketones (excluding diaryl/α,β-unsaturated/α-hetero) is 1. The number of hydrogen-bond acceptors (Lipinski definition) is 4. The molecule has 7 heteroatoms. The fourth-order valence-corrected chi connectivity index (χ4v) is 4.19. The van der Waals surface area contributed by atoms with E-state index >= 15 is 0 Å². The van der Waals surface area contributed by atoms with Gasteiger partial charge in [0, 0.05) is 36.3 Å². The summed E-state index contributed by atoms with van der Waals surface area (Å²) >= 11 is 0. The summed E-state index contributed by atoms with van der Waals surface area (Å²) in [6.07, 6.45) is 0. The molecule has 0 spiro atoms. The van der Waals surface area contributed by atoms with E-state index in [9.17, 15) is 14.0 Å². The summed E-state index contributed by atoms with van der Waals surface area (Å²) in [6, 6.07) is 3.99. The second-order valence-electron chi connectivity index (χ2n) is 8.74. The largest absolute Gasteiger partial charge is 0.416 e. The first-order valence-electron chi connectivity index (χ1n) is 9.23. The number of aromatic amines is 1. The van der Waals surface area contributed by atoms with Gasteiger partial charge in [0.05, 0.1) is 11.9 Å². The highest BCUT2D eigenvalue weighted by Crippen LogP contribution is 2.36. The number of nitrogens with zero attached hydrogens (tertiary/aromatic N) is 1. The molecule has 1 N–H and O–H groups in total. The van der Waals surface area contributed by atoms with Crippen molar-refractivity contribution in [2.75, 3.05) is 19.7 Å². The van der Waals surface area contributed by atoms with Gasteiger partial charge in [-0.1, -0.05) is 26.8 Å². The number of carbonyl (C=O) groups is 1. The molecule has 0 saturated carbocycles. The average Bonchev–Trinajstić information content (AvgIpc) is 2.53. The van der Waals surface area contributed by atoms with Gasteiger partial charge in [0.2, 0.25) is 0 Å². The summed E-state index contributed by atoms with van der Waals surface area (Å²) in [5, 5.41) is 0.880. The number of fused-ring (bicyclic) bond motifs is 3. The number of hydrogen-bond donors (Lipinski definition) is 1. The van der Waals surface area contributed by atoms with Gasteiger partial charge in [-0.3, -0.25) is 14.5 Å². The van der Waals surface area contributed by atoms with Crippen molar-refractivity contribution in [3.05, 3.63) is 45.6 Å². The van der Waals surface area contributed by atoms with Crippen molar-refractivity contribution in [3.63, 3.8) is 0 Å². The Bertz CT molecular complexity index is 947. The Labute approximate surface area is 159 Å². The van der Waals surface area contributed by atoms with Crippen LogP contribution in [0.4, 0.5) is 4.39 Å². The van der Waals surface area contributed by atoms with Gasteiger partial charge in [-0.15, -0.1) is 0 Å². The minimum absolute atomic E-state index is 0.0589. The molecular formula is C20H27FN2O3Si. The fraction of sp³-hybridized carbons (Fsp3) is 0.500. The lowest BCUT2D eigenvalue weighted by Crippen LogP contribution is -2.44. The van der Waals surface area contributed by atoms with Gasteiger partial charge in [0.15, 0.2) is 14.1 Å². The predicted molar refractivity (Wildman–Crippen MR) is 107 cm³/mol. The van der Waals surface area contributed by atoms with E-state index < -0.39 is 14.1 Å². The van der Waals surface area contributed by atoms with E-state index in [2.05, 4.69) is 38.8 Å². The molecule has 1 aromatic heterocycles. The second kappa shape index (κ2) is 6.96. The molecule has 2 heterocycles. The van der Waals surface area contributed by atoms with Crippen molar-refractivity contribution >= 4 is 24.9 Å². The molecule has 1 aliphatic rings. The van der Waals surface area contributed by atoms with E-state index in [1.165, 1.54) is 18.2 Å². The molecule has 0 aliphatic carbocycles. The van der Waals surface area contributed by atoms with Crippen LogP contribution in [0.2, 0.25) is 18.1 Å². The summed E-state index contributed by atoms with van der Waals surface area (Å²) in [5.74, 6) is -0.544. The molecule has 27 heavy (non-hydrogen) atoms. The second-order valence-corrected chi connectivity index (χ2v) is 13.5. The Morgan fingerprint density at radius 1 is 1.19 bits per heavy atom. The summed E-state index contributed by atoms with van der Waals surface area (Å²) in [6.45, 7) is 12.9. The number of H-pyrrole nitrogens is 1. The molecule has 5 nitrogen and oxygen atoms in total. The van der Waals surface area contributed by atoms with Gasteiger partial charge in [-0.05, 0) is 30.3 Å². The lowest BCUT2D eigenvalue weighted by Gasteiger charge is -2.37. The molecule has 2 aromatic rings. The SMILES string of the molecule is CC(C)(C)[Si](C)(C)OCCN1CC(=O)c2c([nH]c(=O)c3cc(F)ccc23)C1. The average molecular weight is 391 g/mol. The molecule has 1 aliphatic heterocycles. The highest BCUT2D eigenvalue weighted by Gasteiger charge is 2.37. The highest BCUT2D eigenvalue weighted by molar-refractivity contribution is 6.74. The summed E-state index contributed by atoms with van der Waals surface area (Å²) < 4.78 is 19.7. The number of rotatable bonds is 4. The van der Waals surface area contributed by atoms with Crippen LogP contribution in [0.15, 0.2) is 23.0 Å². The summed E-state index contributed by atoms with van der Waals surface area (Å²) in [7, 11) is -1.83. The minimum Gasteiger partial charge on any atom is -0.416 e. The van der Waals surface area contributed by atoms with E-state index in [0.717, 1.165) is 0 Å². The summed E-state index contributed by atoms with van der Waals surface area (Å²) in [5.41, 5.74) is 0.740. The van der Waals surface area contributed by atoms with Crippen LogP contribution in [0.3, 0.4) is 0 Å². The third-order valence-electron chi connectivity index (χ3n) is 5.77. The van der Waals surface area contributed by atoms with Gasteiger partial charge in [-0.2, -0.15) is 0 Å². The molecule has 1 aromatic carbocycles. The first kappa shape index (κ1) is 19.9. The third-order valence-corrected chi connectivity index (χ3v) is 10.3. The summed E-state index contributed by atoms with van der Waals surface area (Å²) in [4.78, 5) is 29.8. The van der Waals surface area contributed by atoms with Crippen molar-refractivity contribution in [1.82, 2.24) is 9.88 Å². The molecule has 0 saturated heterocycles. The number of carbonyl (C=O) groups excluding carboxylic acids is 1. The normalized spacial score (nSPS) is 16.0. The lowest BCUT2D eigenvalue weighted by molar-refractivity contribution is 0.0881. The monoisotopic (exact) mass is 390 g/mol. The third kappa shape index (κ3) is 3.90. The van der Waals surface area contributed by atoms with Crippen molar-refractivity contribution in [3.8, 4) is 0 Å². The maximum atomic E-state index is 13.5. The molecule has 0 unspecified atom stereocenters. The van der Waals surface area contributed by atoms with Gasteiger partial charge < -0.3 is 9.41 Å². The number of ketones is 1. The lowest BCUT2D eigenvalue weighted by atomic mass is 9.97. The molecule has 0 fully saturated rings. The molecule has 0 amide bonds. The number of pyridine rings is 1. The van der Waals surface area contributed by atoms with E-state index in [1.54, 1.807) is 0 Å². The minimum atomic E-state index is -1.83. The zero-order chi connectivity index (χ0) is 20.0. The van der Waals surface area contributed by atoms with Crippen molar-refractivity contribution in [1.29, 1.82) is 0 Å². The zero-order valence-electron chi connectivity index (χ0n) is 16.6. The topological polar surface area (TPSA) is 62.4 Å². The van der Waals surface area contributed by atoms with Crippen LogP contribution in [0, 0.1) is 5.82 Å². The maximum absolute atomic E-state index is 13.5. The van der Waals surface area contributed by atoms with Gasteiger partial charge in [0.1, 0.15) is 5.82 Å². The number of aromatic nitrogens is 1. The Kier molecular flexibility index (Phi) is 5.13. The Morgan fingerprint density at radius 3 is 2.56 bits per heavy atom. The standard InChI is InChI=1S/C20H27FN2O3Si/c1-20(2,3)27(4,5)26-9-8-23-11-16-18(17(24)12-23)14-7-6-13(21)10-15(14)19(25)22-16/h6-7,10H,8-9,11-12H2,1-5H3,(H,22,25). The van der Waals surface area contributed by atoms with E-state index in [4.69, 9.17) is 4.43 Å². The molecule has 0 atom stereocenters. The van der Waals surface area contributed by atoms with Gasteiger partial charge in [0.25, 0.3) is 5.56 Å². The molecule has 0 radical (unpaired) electrons. The van der Waals surface area contributed by atoms with Crippen molar-refractivity contribution in [2.24, 2.45) is 0 Å². The van der Waals surface area contributed by atoms with Crippen LogP contribution < -0.4 is 5.56 Å². The quantitative estimate of drug-likeness (QED) is 0.809. The van der Waals surface area contributed by atoms with Crippen LogP contribution in [0.25, 0.3) is 10.8 Å². The van der Waals surface area contributed by atoms with Crippen LogP contribution in [-0.2, 0) is 11.0 Å². The van der Waals surface area contributed by atoms with Crippen molar-refractivity contribution < 1.29 is 13.6 Å². The van der Waals surface area contributed by atoms with Crippen LogP contribution in [0.5, 0.6) is 0 Å². The Morgan fingerprint density at radius 2 is 1.89 bits per heavy atom. The maximum Gasteiger partial charge on any atom is 0.256 e. The molecule has 0 bridgehead atoms. The van der Waals surface area contributed by atoms with Crippen LogP contribution >= 0.6 is 0 Å². The van der Waals surface area contributed by atoms with Gasteiger partial charge >= 0.3 is 0 Å². The zero-order valence-corrected chi connectivity index (χ0v) is 17.6. The molecule has 3 rings (SSSR count). The highest BCUT2D eigenvalue weighted by atomic mass is 28.4. The fourth-order valence-electron chi connectivity index (χ4n) is 3.16. The molecule has 146 valence electrons. The predicted octanol–water partition coefficient (Wildman–Crippen LogP) is 3.69.